The van der Waals surface area contributed by atoms with Crippen LogP contribution in [0.3, 0.4) is 0 Å². The Morgan fingerprint density at radius 1 is 1.04 bits per heavy atom. The van der Waals surface area contributed by atoms with Crippen molar-refractivity contribution in [1.29, 1.82) is 0 Å². The van der Waals surface area contributed by atoms with Crippen LogP contribution in [-0.4, -0.2) is 30.1 Å². The van der Waals surface area contributed by atoms with E-state index in [4.69, 9.17) is 4.74 Å². The van der Waals surface area contributed by atoms with Gasteiger partial charge in [-0.3, -0.25) is 9.59 Å². The monoisotopic (exact) mass is 369 g/mol. The Morgan fingerprint density at radius 3 is 2.26 bits per heavy atom. The van der Waals surface area contributed by atoms with Crippen LogP contribution in [0.2, 0.25) is 0 Å². The minimum atomic E-state index is -0.914. The van der Waals surface area contributed by atoms with E-state index in [1.807, 2.05) is 62.4 Å². The number of nitrogens with one attached hydrogen (secondary N) is 1. The molecule has 5 heteroatoms. The predicted octanol–water partition coefficient (Wildman–Crippen LogP) is 3.39. The highest BCUT2D eigenvalue weighted by molar-refractivity contribution is 5.77. The quantitative estimate of drug-likeness (QED) is 0.673. The molecule has 0 fully saturated rings. The lowest BCUT2D eigenvalue weighted by atomic mass is 9.99. The lowest BCUT2D eigenvalue weighted by Gasteiger charge is -2.14. The standard InChI is InChI=1S/C22H27NO4/c1-3-27-20-11-8-18(9-12-20)14-19(22(25)26)15-23-21(24)13-10-17-6-4-16(2)5-7-17/h4-9,11-12,19H,3,10,13-15H2,1-2H3,(H,23,24)(H,25,26). The van der Waals surface area contributed by atoms with Gasteiger partial charge in [0.2, 0.25) is 5.91 Å². The van der Waals surface area contributed by atoms with Gasteiger partial charge in [0.15, 0.2) is 0 Å². The Balaban J connectivity index is 1.81. The summed E-state index contributed by atoms with van der Waals surface area (Å²) >= 11 is 0. The van der Waals surface area contributed by atoms with Crippen molar-refractivity contribution >= 4 is 11.9 Å². The molecule has 0 spiro atoms. The molecule has 1 unspecified atom stereocenters. The van der Waals surface area contributed by atoms with Gasteiger partial charge < -0.3 is 15.2 Å². The fourth-order valence-electron chi connectivity index (χ4n) is 2.76. The van der Waals surface area contributed by atoms with Crippen LogP contribution in [0.25, 0.3) is 0 Å². The third kappa shape index (κ3) is 7.13. The van der Waals surface area contributed by atoms with Crippen molar-refractivity contribution < 1.29 is 19.4 Å². The van der Waals surface area contributed by atoms with Crippen molar-refractivity contribution in [1.82, 2.24) is 5.32 Å². The zero-order chi connectivity index (χ0) is 19.6. The van der Waals surface area contributed by atoms with Crippen molar-refractivity contribution in [2.45, 2.75) is 33.1 Å². The SMILES string of the molecule is CCOc1ccc(CC(CNC(=O)CCc2ccc(C)cc2)C(=O)O)cc1. The molecule has 144 valence electrons. The number of ether oxygens (including phenoxy) is 1. The molecular formula is C22H27NO4. The Labute approximate surface area is 160 Å². The molecule has 0 saturated heterocycles. The van der Waals surface area contributed by atoms with E-state index in [0.717, 1.165) is 16.9 Å². The minimum Gasteiger partial charge on any atom is -0.494 e. The molecule has 2 rings (SSSR count). The summed E-state index contributed by atoms with van der Waals surface area (Å²) in [6.07, 6.45) is 1.35. The minimum absolute atomic E-state index is 0.120. The smallest absolute Gasteiger partial charge is 0.308 e. The summed E-state index contributed by atoms with van der Waals surface area (Å²) in [5.74, 6) is -0.944. The molecule has 1 amide bonds. The Bertz CT molecular complexity index is 738. The Kier molecular flexibility index (Phi) is 7.86. The second-order valence-corrected chi connectivity index (χ2v) is 6.61. The van der Waals surface area contributed by atoms with Gasteiger partial charge in [0.25, 0.3) is 0 Å². The molecule has 5 nitrogen and oxygen atoms in total. The number of hydrogen-bond acceptors (Lipinski definition) is 3. The third-order valence-corrected chi connectivity index (χ3v) is 4.37. The summed E-state index contributed by atoms with van der Waals surface area (Å²) < 4.78 is 5.39. The van der Waals surface area contributed by atoms with Crippen LogP contribution in [0.1, 0.15) is 30.0 Å². The summed E-state index contributed by atoms with van der Waals surface area (Å²) in [5, 5.41) is 12.2. The highest BCUT2D eigenvalue weighted by Crippen LogP contribution is 2.15. The average molecular weight is 369 g/mol. The van der Waals surface area contributed by atoms with Crippen LogP contribution in [0, 0.1) is 12.8 Å². The van der Waals surface area contributed by atoms with Gasteiger partial charge in [0, 0.05) is 13.0 Å². The zero-order valence-electron chi connectivity index (χ0n) is 15.9. The van der Waals surface area contributed by atoms with Gasteiger partial charge in [0.1, 0.15) is 5.75 Å². The summed E-state index contributed by atoms with van der Waals surface area (Å²) in [5.41, 5.74) is 3.18. The van der Waals surface area contributed by atoms with E-state index in [1.54, 1.807) is 0 Å². The number of aliphatic carboxylic acids is 1. The first-order valence-electron chi connectivity index (χ1n) is 9.24. The summed E-state index contributed by atoms with van der Waals surface area (Å²) in [7, 11) is 0. The highest BCUT2D eigenvalue weighted by atomic mass is 16.5. The van der Waals surface area contributed by atoms with Crippen LogP contribution in [-0.2, 0) is 22.4 Å². The van der Waals surface area contributed by atoms with Crippen molar-refractivity contribution in [2.24, 2.45) is 5.92 Å². The van der Waals surface area contributed by atoms with Gasteiger partial charge in [-0.25, -0.2) is 0 Å². The topological polar surface area (TPSA) is 75.6 Å². The molecule has 0 saturated carbocycles. The Morgan fingerprint density at radius 2 is 1.67 bits per heavy atom. The van der Waals surface area contributed by atoms with Crippen molar-refractivity contribution in [3.63, 3.8) is 0 Å². The molecule has 0 aliphatic rings. The number of amides is 1. The maximum atomic E-state index is 12.1. The van der Waals surface area contributed by atoms with Gasteiger partial charge in [0.05, 0.1) is 12.5 Å². The number of benzene rings is 2. The first-order valence-corrected chi connectivity index (χ1v) is 9.24. The second kappa shape index (κ2) is 10.4. The zero-order valence-corrected chi connectivity index (χ0v) is 15.9. The molecule has 2 aromatic carbocycles. The van der Waals surface area contributed by atoms with Crippen molar-refractivity contribution in [3.8, 4) is 5.75 Å². The number of rotatable bonds is 10. The van der Waals surface area contributed by atoms with Gasteiger partial charge >= 0.3 is 5.97 Å². The first kappa shape index (κ1) is 20.5. The molecule has 2 N–H and O–H groups in total. The van der Waals surface area contributed by atoms with Crippen molar-refractivity contribution in [3.05, 3.63) is 65.2 Å². The van der Waals surface area contributed by atoms with Gasteiger partial charge in [-0.2, -0.15) is 0 Å². The maximum Gasteiger partial charge on any atom is 0.308 e. The number of hydrogen-bond donors (Lipinski definition) is 2. The highest BCUT2D eigenvalue weighted by Gasteiger charge is 2.19. The Hall–Kier alpha value is -2.82. The summed E-state index contributed by atoms with van der Waals surface area (Å²) in [6.45, 7) is 4.64. The summed E-state index contributed by atoms with van der Waals surface area (Å²) in [6, 6.07) is 15.4. The third-order valence-electron chi connectivity index (χ3n) is 4.37. The van der Waals surface area contributed by atoms with Crippen LogP contribution >= 0.6 is 0 Å². The van der Waals surface area contributed by atoms with E-state index in [2.05, 4.69) is 5.32 Å². The van der Waals surface area contributed by atoms with E-state index in [0.29, 0.717) is 25.9 Å². The average Bonchev–Trinajstić information content (AvgIpc) is 2.66. The molecule has 27 heavy (non-hydrogen) atoms. The first-order chi connectivity index (χ1) is 13.0. The normalized spacial score (nSPS) is 11.6. The molecule has 0 aliphatic heterocycles. The number of carbonyl (C=O) groups excluding carboxylic acids is 1. The molecule has 1 atom stereocenters. The van der Waals surface area contributed by atoms with Gasteiger partial charge in [-0.15, -0.1) is 0 Å². The van der Waals surface area contributed by atoms with Gasteiger partial charge in [-0.1, -0.05) is 42.0 Å². The fraction of sp³-hybridized carbons (Fsp3) is 0.364. The molecule has 0 bridgehead atoms. The molecule has 2 aromatic rings. The predicted molar refractivity (Wildman–Crippen MR) is 105 cm³/mol. The summed E-state index contributed by atoms with van der Waals surface area (Å²) in [4.78, 5) is 23.6. The molecule has 0 aromatic heterocycles. The van der Waals surface area contributed by atoms with E-state index in [9.17, 15) is 14.7 Å². The van der Waals surface area contributed by atoms with E-state index >= 15 is 0 Å². The van der Waals surface area contributed by atoms with Crippen LogP contribution in [0.4, 0.5) is 0 Å². The largest absolute Gasteiger partial charge is 0.494 e. The molecule has 0 heterocycles. The molecule has 0 aliphatic carbocycles. The van der Waals surface area contributed by atoms with Crippen molar-refractivity contribution in [2.75, 3.05) is 13.2 Å². The fourth-order valence-corrected chi connectivity index (χ4v) is 2.76. The van der Waals surface area contributed by atoms with E-state index in [1.165, 1.54) is 5.56 Å². The number of aryl methyl sites for hydroxylation is 2. The van der Waals surface area contributed by atoms with Gasteiger partial charge in [-0.05, 0) is 49.9 Å². The van der Waals surface area contributed by atoms with E-state index in [-0.39, 0.29) is 12.5 Å². The van der Waals surface area contributed by atoms with Crippen LogP contribution in [0.5, 0.6) is 5.75 Å². The van der Waals surface area contributed by atoms with Crippen LogP contribution in [0.15, 0.2) is 48.5 Å². The lowest BCUT2D eigenvalue weighted by Crippen LogP contribution is -2.34. The number of carboxylic acid groups (broad SMARTS) is 1. The number of carbonyl (C=O) groups is 2. The molecular weight excluding hydrogens is 342 g/mol. The second-order valence-electron chi connectivity index (χ2n) is 6.61. The van der Waals surface area contributed by atoms with Crippen LogP contribution < -0.4 is 10.1 Å². The number of carboxylic acids is 1. The lowest BCUT2D eigenvalue weighted by molar-refractivity contribution is -0.141. The molecule has 0 radical (unpaired) electrons. The maximum absolute atomic E-state index is 12.1. The van der Waals surface area contributed by atoms with E-state index < -0.39 is 11.9 Å².